The second-order valence-electron chi connectivity index (χ2n) is 5.24. The first kappa shape index (κ1) is 16.2. The summed E-state index contributed by atoms with van der Waals surface area (Å²) >= 11 is 2.27. The lowest BCUT2D eigenvalue weighted by Crippen LogP contribution is -2.29. The predicted molar refractivity (Wildman–Crippen MR) is 93.7 cm³/mol. The number of halogens is 1. The van der Waals surface area contributed by atoms with Crippen molar-refractivity contribution in [3.05, 3.63) is 71.8 Å². The van der Waals surface area contributed by atoms with Crippen molar-refractivity contribution in [1.82, 2.24) is 0 Å². The summed E-state index contributed by atoms with van der Waals surface area (Å²) in [5.41, 5.74) is 1.46. The van der Waals surface area contributed by atoms with E-state index >= 15 is 0 Å². The maximum atomic E-state index is 12.8. The van der Waals surface area contributed by atoms with Gasteiger partial charge in [0, 0.05) is 9.99 Å². The Labute approximate surface area is 139 Å². The van der Waals surface area contributed by atoms with Crippen LogP contribution in [0.1, 0.15) is 28.9 Å². The van der Waals surface area contributed by atoms with Crippen LogP contribution in [0.25, 0.3) is 0 Å². The molecule has 2 nitrogen and oxygen atoms in total. The van der Waals surface area contributed by atoms with E-state index in [1.54, 1.807) is 0 Å². The second kappa shape index (κ2) is 7.71. The van der Waals surface area contributed by atoms with Crippen molar-refractivity contribution in [3.8, 4) is 0 Å². The zero-order chi connectivity index (χ0) is 15.2. The molecule has 1 N–H and O–H groups in total. The summed E-state index contributed by atoms with van der Waals surface area (Å²) in [5.74, 6) is -0.309. The minimum Gasteiger partial charge on any atom is -0.388 e. The number of ketones is 1. The first-order valence-corrected chi connectivity index (χ1v) is 8.56. The monoisotopic (exact) mass is 394 g/mol. The lowest BCUT2D eigenvalue weighted by atomic mass is 9.81. The third-order valence-corrected chi connectivity index (χ3v) is 5.09. The molecule has 0 aliphatic carbocycles. The maximum Gasteiger partial charge on any atom is 0.169 e. The average Bonchev–Trinajstić information content (AvgIpc) is 2.56. The molecule has 0 aliphatic rings. The van der Waals surface area contributed by atoms with Gasteiger partial charge in [-0.1, -0.05) is 90.2 Å². The standard InChI is InChI=1S/C18H19IO2/c1-13(12-19)16(17(20)14-8-4-2-5-9-14)18(21)15-10-6-3-7-11-15/h2-11,13,16-17,20H,12H2,1H3/t13-,16+,17+/m0/s1. The number of hydrogen-bond acceptors (Lipinski definition) is 2. The molecule has 0 spiro atoms. The summed E-state index contributed by atoms with van der Waals surface area (Å²) in [6.45, 7) is 2.02. The number of rotatable bonds is 6. The zero-order valence-electron chi connectivity index (χ0n) is 11.9. The van der Waals surface area contributed by atoms with Gasteiger partial charge in [0.25, 0.3) is 0 Å². The van der Waals surface area contributed by atoms with E-state index in [0.29, 0.717) is 5.56 Å². The predicted octanol–water partition coefficient (Wildman–Crippen LogP) is 4.29. The van der Waals surface area contributed by atoms with Crippen LogP contribution in [0.4, 0.5) is 0 Å². The van der Waals surface area contributed by atoms with Crippen molar-refractivity contribution in [2.45, 2.75) is 13.0 Å². The van der Waals surface area contributed by atoms with Gasteiger partial charge >= 0.3 is 0 Å². The molecule has 2 rings (SSSR count). The molecule has 110 valence electrons. The van der Waals surface area contributed by atoms with Gasteiger partial charge in [-0.05, 0) is 11.5 Å². The van der Waals surface area contributed by atoms with Gasteiger partial charge in [0.05, 0.1) is 12.0 Å². The van der Waals surface area contributed by atoms with E-state index in [9.17, 15) is 9.90 Å². The molecule has 3 atom stereocenters. The van der Waals surface area contributed by atoms with Crippen LogP contribution >= 0.6 is 22.6 Å². The van der Waals surface area contributed by atoms with Crippen molar-refractivity contribution in [2.75, 3.05) is 4.43 Å². The third kappa shape index (κ3) is 3.92. The molecular formula is C18H19IO2. The molecule has 2 aromatic carbocycles. The Bertz CT molecular complexity index is 568. The van der Waals surface area contributed by atoms with E-state index in [2.05, 4.69) is 22.6 Å². The number of aliphatic hydroxyl groups excluding tert-OH is 1. The van der Waals surface area contributed by atoms with E-state index in [1.165, 1.54) is 0 Å². The van der Waals surface area contributed by atoms with Gasteiger partial charge < -0.3 is 5.11 Å². The van der Waals surface area contributed by atoms with Gasteiger partial charge in [0.1, 0.15) is 0 Å². The Balaban J connectivity index is 2.33. The average molecular weight is 394 g/mol. The highest BCUT2D eigenvalue weighted by Gasteiger charge is 2.32. The van der Waals surface area contributed by atoms with Crippen LogP contribution in [0.3, 0.4) is 0 Å². The van der Waals surface area contributed by atoms with E-state index in [0.717, 1.165) is 9.99 Å². The molecule has 0 saturated heterocycles. The summed E-state index contributed by atoms with van der Waals surface area (Å²) in [6, 6.07) is 18.6. The molecule has 3 heteroatoms. The van der Waals surface area contributed by atoms with Crippen molar-refractivity contribution >= 4 is 28.4 Å². The smallest absolute Gasteiger partial charge is 0.169 e. The second-order valence-corrected chi connectivity index (χ2v) is 6.12. The molecule has 0 aromatic heterocycles. The summed E-state index contributed by atoms with van der Waals surface area (Å²) in [6.07, 6.45) is -0.774. The summed E-state index contributed by atoms with van der Waals surface area (Å²) in [7, 11) is 0. The number of hydrogen-bond donors (Lipinski definition) is 1. The van der Waals surface area contributed by atoms with Crippen LogP contribution in [-0.2, 0) is 0 Å². The van der Waals surface area contributed by atoms with Gasteiger partial charge in [-0.3, -0.25) is 4.79 Å². The van der Waals surface area contributed by atoms with Crippen LogP contribution in [0.2, 0.25) is 0 Å². The zero-order valence-corrected chi connectivity index (χ0v) is 14.1. The Hall–Kier alpha value is -1.20. The highest BCUT2D eigenvalue weighted by Crippen LogP contribution is 2.32. The van der Waals surface area contributed by atoms with Crippen molar-refractivity contribution in [1.29, 1.82) is 0 Å². The molecule has 0 radical (unpaired) electrons. The van der Waals surface area contributed by atoms with Gasteiger partial charge in [-0.2, -0.15) is 0 Å². The van der Waals surface area contributed by atoms with E-state index in [-0.39, 0.29) is 11.7 Å². The van der Waals surface area contributed by atoms with E-state index in [4.69, 9.17) is 0 Å². The van der Waals surface area contributed by atoms with Crippen LogP contribution in [-0.4, -0.2) is 15.3 Å². The fourth-order valence-electron chi connectivity index (χ4n) is 2.46. The minimum atomic E-state index is -0.774. The Kier molecular flexibility index (Phi) is 5.94. The van der Waals surface area contributed by atoms with Crippen molar-refractivity contribution < 1.29 is 9.90 Å². The van der Waals surface area contributed by atoms with Crippen LogP contribution in [0, 0.1) is 11.8 Å². The molecule has 0 unspecified atom stereocenters. The summed E-state index contributed by atoms with van der Waals surface area (Å²) in [5, 5.41) is 10.7. The quantitative estimate of drug-likeness (QED) is 0.451. The third-order valence-electron chi connectivity index (χ3n) is 3.70. The Morgan fingerprint density at radius 1 is 1.05 bits per heavy atom. The van der Waals surface area contributed by atoms with Gasteiger partial charge in [-0.15, -0.1) is 0 Å². The molecule has 0 fully saturated rings. The van der Waals surface area contributed by atoms with Crippen LogP contribution in [0.15, 0.2) is 60.7 Å². The summed E-state index contributed by atoms with van der Waals surface area (Å²) in [4.78, 5) is 12.8. The van der Waals surface area contributed by atoms with E-state index < -0.39 is 12.0 Å². The topological polar surface area (TPSA) is 37.3 Å². The normalized spacial score (nSPS) is 15.2. The van der Waals surface area contributed by atoms with Crippen molar-refractivity contribution in [2.24, 2.45) is 11.8 Å². The number of benzene rings is 2. The molecular weight excluding hydrogens is 375 g/mol. The number of Topliss-reactive ketones (excluding diaryl/α,β-unsaturated/α-hetero) is 1. The van der Waals surface area contributed by atoms with Gasteiger partial charge in [0.2, 0.25) is 0 Å². The molecule has 0 heterocycles. The van der Waals surface area contributed by atoms with E-state index in [1.807, 2.05) is 67.6 Å². The number of carbonyl (C=O) groups is 1. The summed E-state index contributed by atoms with van der Waals surface area (Å²) < 4.78 is 0.824. The van der Waals surface area contributed by atoms with Crippen molar-refractivity contribution in [3.63, 3.8) is 0 Å². The van der Waals surface area contributed by atoms with Crippen LogP contribution < -0.4 is 0 Å². The number of alkyl halides is 1. The first-order valence-electron chi connectivity index (χ1n) is 7.03. The fraction of sp³-hybridized carbons (Fsp3) is 0.278. The van der Waals surface area contributed by atoms with Gasteiger partial charge in [-0.25, -0.2) is 0 Å². The largest absolute Gasteiger partial charge is 0.388 e. The van der Waals surface area contributed by atoms with Gasteiger partial charge in [0.15, 0.2) is 5.78 Å². The molecule has 0 saturated carbocycles. The molecule has 2 aromatic rings. The molecule has 0 amide bonds. The highest BCUT2D eigenvalue weighted by atomic mass is 127. The first-order chi connectivity index (χ1) is 10.1. The lowest BCUT2D eigenvalue weighted by Gasteiger charge is -2.27. The molecule has 0 aliphatic heterocycles. The number of aliphatic hydroxyl groups is 1. The molecule has 0 bridgehead atoms. The Morgan fingerprint density at radius 2 is 1.57 bits per heavy atom. The SMILES string of the molecule is C[C@@H](CI)[C@@H](C(=O)c1ccccc1)[C@H](O)c1ccccc1. The highest BCUT2D eigenvalue weighted by molar-refractivity contribution is 14.1. The minimum absolute atomic E-state index is 0.0103. The maximum absolute atomic E-state index is 12.8. The molecule has 21 heavy (non-hydrogen) atoms. The Morgan fingerprint density at radius 3 is 2.10 bits per heavy atom. The number of carbonyl (C=O) groups excluding carboxylic acids is 1. The van der Waals surface area contributed by atoms with Crippen LogP contribution in [0.5, 0.6) is 0 Å². The fourth-order valence-corrected chi connectivity index (χ4v) is 3.01. The lowest BCUT2D eigenvalue weighted by molar-refractivity contribution is 0.0571.